The van der Waals surface area contributed by atoms with Crippen LogP contribution in [0.4, 0.5) is 0 Å². The molecule has 182 valence electrons. The first-order chi connectivity index (χ1) is 15.7. The summed E-state index contributed by atoms with van der Waals surface area (Å²) >= 11 is 0. The lowest BCUT2D eigenvalue weighted by molar-refractivity contribution is 0.200. The van der Waals surface area contributed by atoms with Crippen LogP contribution in [-0.2, 0) is 13.0 Å². The van der Waals surface area contributed by atoms with E-state index in [1.54, 1.807) is 28.4 Å². The van der Waals surface area contributed by atoms with Crippen LogP contribution in [0.2, 0.25) is 0 Å². The number of nitrogens with zero attached hydrogens (tertiary/aromatic N) is 1. The van der Waals surface area contributed by atoms with Gasteiger partial charge in [0.25, 0.3) is 0 Å². The van der Waals surface area contributed by atoms with Crippen LogP contribution < -0.4 is 29.6 Å². The predicted octanol–water partition coefficient (Wildman–Crippen LogP) is 4.56. The second kappa shape index (κ2) is 14.0. The van der Waals surface area contributed by atoms with Gasteiger partial charge in [-0.3, -0.25) is 4.99 Å². The molecule has 0 amide bonds. The van der Waals surface area contributed by atoms with Gasteiger partial charge in [-0.1, -0.05) is 12.1 Å². The van der Waals surface area contributed by atoms with Gasteiger partial charge in [0, 0.05) is 20.1 Å². The van der Waals surface area contributed by atoms with Gasteiger partial charge in [-0.05, 0) is 67.5 Å². The smallest absolute Gasteiger partial charge is 0.191 e. The lowest BCUT2D eigenvalue weighted by atomic mass is 10.1. The van der Waals surface area contributed by atoms with Crippen LogP contribution in [0.5, 0.6) is 23.0 Å². The van der Waals surface area contributed by atoms with E-state index in [1.807, 2.05) is 30.3 Å². The molecule has 1 aliphatic carbocycles. The molecule has 8 heteroatoms. The molecule has 1 aliphatic rings. The molecule has 0 atom stereocenters. The Kier molecular flexibility index (Phi) is 11.4. The van der Waals surface area contributed by atoms with Gasteiger partial charge in [-0.2, -0.15) is 0 Å². The number of guanidine groups is 1. The lowest BCUT2D eigenvalue weighted by Crippen LogP contribution is -2.37. The van der Waals surface area contributed by atoms with Crippen molar-refractivity contribution in [3.63, 3.8) is 0 Å². The fourth-order valence-corrected chi connectivity index (χ4v) is 3.88. The van der Waals surface area contributed by atoms with Crippen molar-refractivity contribution in [3.8, 4) is 23.0 Å². The zero-order chi connectivity index (χ0) is 22.8. The molecule has 3 rings (SSSR count). The van der Waals surface area contributed by atoms with Crippen LogP contribution in [0.25, 0.3) is 0 Å². The molecule has 0 unspecified atom stereocenters. The monoisotopic (exact) mass is 569 g/mol. The highest BCUT2D eigenvalue weighted by molar-refractivity contribution is 14.0. The molecule has 0 radical (unpaired) electrons. The maximum Gasteiger partial charge on any atom is 0.191 e. The van der Waals surface area contributed by atoms with Gasteiger partial charge in [0.05, 0.1) is 27.4 Å². The summed E-state index contributed by atoms with van der Waals surface area (Å²) in [5.41, 5.74) is 2.27. The van der Waals surface area contributed by atoms with Crippen molar-refractivity contribution in [2.24, 2.45) is 4.99 Å². The summed E-state index contributed by atoms with van der Waals surface area (Å²) in [6.45, 7) is 1.38. The molecule has 0 bridgehead atoms. The molecule has 7 nitrogen and oxygen atoms in total. The number of halogens is 1. The molecule has 2 N–H and O–H groups in total. The summed E-state index contributed by atoms with van der Waals surface area (Å²) in [6.07, 6.45) is 5.82. The van der Waals surface area contributed by atoms with Crippen molar-refractivity contribution in [1.82, 2.24) is 10.6 Å². The number of hydrogen-bond acceptors (Lipinski definition) is 5. The molecule has 2 aromatic rings. The first-order valence-corrected chi connectivity index (χ1v) is 11.2. The summed E-state index contributed by atoms with van der Waals surface area (Å²) in [6, 6.07) is 12.0. The lowest BCUT2D eigenvalue weighted by Gasteiger charge is -2.17. The highest BCUT2D eigenvalue weighted by atomic mass is 127. The Morgan fingerprint density at radius 1 is 0.848 bits per heavy atom. The molecule has 0 aliphatic heterocycles. The zero-order valence-corrected chi connectivity index (χ0v) is 22.3. The average molecular weight is 569 g/mol. The SMILES string of the molecule is CN=C(NCCc1ccc(OC)c(OC)c1)NCc1ccc(OC)c(OC2CCCC2)c1.I. The largest absolute Gasteiger partial charge is 0.493 e. The Hall–Kier alpha value is -2.36. The maximum absolute atomic E-state index is 6.20. The van der Waals surface area contributed by atoms with Crippen molar-refractivity contribution in [1.29, 1.82) is 0 Å². The Morgan fingerprint density at radius 2 is 1.45 bits per heavy atom. The molecule has 0 spiro atoms. The zero-order valence-electron chi connectivity index (χ0n) is 20.0. The van der Waals surface area contributed by atoms with Crippen molar-refractivity contribution >= 4 is 29.9 Å². The van der Waals surface area contributed by atoms with Crippen molar-refractivity contribution in [2.75, 3.05) is 34.9 Å². The van der Waals surface area contributed by atoms with Crippen LogP contribution in [-0.4, -0.2) is 47.0 Å². The number of methoxy groups -OCH3 is 3. The Balaban J connectivity index is 0.00000385. The van der Waals surface area contributed by atoms with E-state index in [0.717, 1.165) is 65.9 Å². The average Bonchev–Trinajstić information content (AvgIpc) is 3.34. The number of benzene rings is 2. The fourth-order valence-electron chi connectivity index (χ4n) is 3.88. The van der Waals surface area contributed by atoms with Crippen LogP contribution >= 0.6 is 24.0 Å². The second-order valence-electron chi connectivity index (χ2n) is 7.80. The van der Waals surface area contributed by atoms with E-state index < -0.39 is 0 Å². The van der Waals surface area contributed by atoms with Crippen molar-refractivity contribution < 1.29 is 18.9 Å². The third-order valence-corrected chi connectivity index (χ3v) is 5.66. The number of aliphatic imine (C=N–C) groups is 1. The van der Waals surface area contributed by atoms with E-state index in [1.165, 1.54) is 12.8 Å². The van der Waals surface area contributed by atoms with E-state index in [4.69, 9.17) is 18.9 Å². The summed E-state index contributed by atoms with van der Waals surface area (Å²) in [5.74, 6) is 3.81. The van der Waals surface area contributed by atoms with Crippen LogP contribution in [0.1, 0.15) is 36.8 Å². The number of hydrogen-bond donors (Lipinski definition) is 2. The van der Waals surface area contributed by atoms with E-state index in [-0.39, 0.29) is 30.1 Å². The Labute approximate surface area is 214 Å². The van der Waals surface area contributed by atoms with E-state index in [0.29, 0.717) is 6.54 Å². The van der Waals surface area contributed by atoms with Gasteiger partial charge < -0.3 is 29.6 Å². The summed E-state index contributed by atoms with van der Waals surface area (Å²) in [7, 11) is 6.74. The number of ether oxygens (including phenoxy) is 4. The highest BCUT2D eigenvalue weighted by Crippen LogP contribution is 2.32. The molecule has 33 heavy (non-hydrogen) atoms. The number of rotatable bonds is 10. The van der Waals surface area contributed by atoms with Gasteiger partial charge in [0.1, 0.15) is 0 Å². The summed E-state index contributed by atoms with van der Waals surface area (Å²) in [4.78, 5) is 4.33. The van der Waals surface area contributed by atoms with Crippen LogP contribution in [0.3, 0.4) is 0 Å². The highest BCUT2D eigenvalue weighted by Gasteiger charge is 2.18. The minimum Gasteiger partial charge on any atom is -0.493 e. The Morgan fingerprint density at radius 3 is 2.09 bits per heavy atom. The fraction of sp³-hybridized carbons (Fsp3) is 0.480. The van der Waals surface area contributed by atoms with E-state index in [9.17, 15) is 0 Å². The molecular weight excluding hydrogens is 533 g/mol. The number of nitrogens with one attached hydrogen (secondary N) is 2. The predicted molar refractivity (Wildman–Crippen MR) is 143 cm³/mol. The van der Waals surface area contributed by atoms with E-state index in [2.05, 4.69) is 21.7 Å². The third-order valence-electron chi connectivity index (χ3n) is 5.66. The van der Waals surface area contributed by atoms with Gasteiger partial charge in [-0.15, -0.1) is 24.0 Å². The molecule has 0 aromatic heterocycles. The second-order valence-corrected chi connectivity index (χ2v) is 7.80. The molecule has 0 heterocycles. The molecule has 0 saturated heterocycles. The quantitative estimate of drug-likeness (QED) is 0.249. The third kappa shape index (κ3) is 7.87. The molecule has 1 saturated carbocycles. The Bertz CT molecular complexity index is 901. The minimum absolute atomic E-state index is 0. The van der Waals surface area contributed by atoms with Gasteiger partial charge >= 0.3 is 0 Å². The summed E-state index contributed by atoms with van der Waals surface area (Å²) < 4.78 is 22.4. The maximum atomic E-state index is 6.20. The van der Waals surface area contributed by atoms with Gasteiger partial charge in [0.15, 0.2) is 29.0 Å². The van der Waals surface area contributed by atoms with Crippen LogP contribution in [0, 0.1) is 0 Å². The standard InChI is InChI=1S/C25H35N3O4.HI/c1-26-25(27-14-13-18-9-11-21(29-2)23(15-18)31-4)28-17-19-10-12-22(30-3)24(16-19)32-20-7-5-6-8-20;/h9-12,15-16,20H,5-8,13-14,17H2,1-4H3,(H2,26,27,28);1H. The van der Waals surface area contributed by atoms with Gasteiger partial charge in [0.2, 0.25) is 0 Å². The normalized spacial score (nSPS) is 13.8. The topological polar surface area (TPSA) is 73.3 Å². The first kappa shape index (κ1) is 26.9. The van der Waals surface area contributed by atoms with E-state index >= 15 is 0 Å². The van der Waals surface area contributed by atoms with Crippen molar-refractivity contribution in [3.05, 3.63) is 47.5 Å². The molecule has 2 aromatic carbocycles. The molecule has 1 fully saturated rings. The summed E-state index contributed by atoms with van der Waals surface area (Å²) in [5, 5.41) is 6.73. The minimum atomic E-state index is 0. The van der Waals surface area contributed by atoms with Gasteiger partial charge in [-0.25, -0.2) is 0 Å². The first-order valence-electron chi connectivity index (χ1n) is 11.2. The van der Waals surface area contributed by atoms with Crippen molar-refractivity contribution in [2.45, 2.75) is 44.8 Å². The molecular formula is C25H36IN3O4. The van der Waals surface area contributed by atoms with Crippen LogP contribution in [0.15, 0.2) is 41.4 Å².